The molecule has 1 aliphatic heterocycles. The number of hydrogen-bond donors (Lipinski definition) is 3. The number of hydroxylamine groups is 3. The van der Waals surface area contributed by atoms with Gasteiger partial charge in [-0.3, -0.25) is 9.63 Å². The fourth-order valence-electron chi connectivity index (χ4n) is 3.32. The molecule has 0 radical (unpaired) electrons. The molecule has 1 aliphatic rings. The lowest BCUT2D eigenvalue weighted by Gasteiger charge is -2.35. The minimum absolute atomic E-state index is 0.108. The average molecular weight is 400 g/mol. The first-order valence-corrected chi connectivity index (χ1v) is 9.96. The first-order valence-electron chi connectivity index (χ1n) is 9.96. The number of nitrogens with zero attached hydrogens (tertiary/aromatic N) is 2. The molecule has 0 saturated carbocycles. The monoisotopic (exact) mass is 400 g/mol. The van der Waals surface area contributed by atoms with E-state index in [9.17, 15) is 9.90 Å². The van der Waals surface area contributed by atoms with Crippen LogP contribution < -0.4 is 10.8 Å². The molecule has 156 valence electrons. The summed E-state index contributed by atoms with van der Waals surface area (Å²) >= 11 is 0. The molecule has 0 bridgehead atoms. The lowest BCUT2D eigenvalue weighted by atomic mass is 9.93. The summed E-state index contributed by atoms with van der Waals surface area (Å²) in [6.07, 6.45) is 5.13. The van der Waals surface area contributed by atoms with Crippen LogP contribution >= 0.6 is 0 Å². The van der Waals surface area contributed by atoms with Crippen LogP contribution in [0.25, 0.3) is 0 Å². The summed E-state index contributed by atoms with van der Waals surface area (Å²) in [5.74, 6) is 0.681. The standard InChI is InChI=1S/C21H28N4O4/c1-2-8-20(27)29-25-16-28-24-21(25,17-9-7-10-18(26)15-17)12-4-6-14-23-19-11-3-5-13-22-19/h3,5,7,9-11,13,15,24,26H,2,4,6,8,12,14,16H2,1H3,(H,22,23). The SMILES string of the molecule is CCCC(=O)ON1CONC1(CCCCNc1ccccn1)c1cccc(O)c1. The van der Waals surface area contributed by atoms with Gasteiger partial charge in [0, 0.05) is 19.2 Å². The van der Waals surface area contributed by atoms with Gasteiger partial charge in [0.05, 0.1) is 0 Å². The molecule has 2 heterocycles. The Morgan fingerprint density at radius 2 is 2.24 bits per heavy atom. The van der Waals surface area contributed by atoms with E-state index in [1.54, 1.807) is 24.4 Å². The predicted octanol–water partition coefficient (Wildman–Crippen LogP) is 3.28. The second-order valence-electron chi connectivity index (χ2n) is 6.98. The van der Waals surface area contributed by atoms with E-state index in [4.69, 9.17) is 9.68 Å². The Balaban J connectivity index is 1.67. The molecule has 0 spiro atoms. The summed E-state index contributed by atoms with van der Waals surface area (Å²) in [5.41, 5.74) is 2.95. The number of carbonyl (C=O) groups excluding carboxylic acids is 1. The molecule has 1 saturated heterocycles. The molecule has 8 nitrogen and oxygen atoms in total. The number of benzene rings is 1. The van der Waals surface area contributed by atoms with Gasteiger partial charge in [-0.2, -0.15) is 5.48 Å². The lowest BCUT2D eigenvalue weighted by molar-refractivity contribution is -0.220. The van der Waals surface area contributed by atoms with Crippen LogP contribution in [0.4, 0.5) is 5.82 Å². The van der Waals surface area contributed by atoms with Gasteiger partial charge in [0.1, 0.15) is 11.6 Å². The van der Waals surface area contributed by atoms with Crippen molar-refractivity contribution in [3.8, 4) is 5.75 Å². The molecular formula is C21H28N4O4. The van der Waals surface area contributed by atoms with Crippen LogP contribution in [0.2, 0.25) is 0 Å². The van der Waals surface area contributed by atoms with Crippen molar-refractivity contribution in [3.05, 3.63) is 54.2 Å². The zero-order valence-electron chi connectivity index (χ0n) is 16.6. The van der Waals surface area contributed by atoms with E-state index >= 15 is 0 Å². The zero-order valence-corrected chi connectivity index (χ0v) is 16.6. The Hall–Kier alpha value is -2.68. The fraction of sp³-hybridized carbons (Fsp3) is 0.429. The van der Waals surface area contributed by atoms with Crippen molar-refractivity contribution in [3.63, 3.8) is 0 Å². The number of rotatable bonds is 10. The average Bonchev–Trinajstić information content (AvgIpc) is 3.12. The third kappa shape index (κ3) is 5.44. The first kappa shape index (κ1) is 21.0. The highest BCUT2D eigenvalue weighted by molar-refractivity contribution is 5.69. The van der Waals surface area contributed by atoms with Crippen molar-refractivity contribution in [1.82, 2.24) is 15.5 Å². The van der Waals surface area contributed by atoms with E-state index in [1.165, 1.54) is 5.06 Å². The van der Waals surface area contributed by atoms with Gasteiger partial charge >= 0.3 is 5.97 Å². The number of phenolic OH excluding ortho intramolecular Hbond substituents is 1. The smallest absolute Gasteiger partial charge is 0.325 e. The molecule has 1 fully saturated rings. The maximum Gasteiger partial charge on any atom is 0.325 e. The van der Waals surface area contributed by atoms with E-state index in [0.717, 1.165) is 30.8 Å². The predicted molar refractivity (Wildman–Crippen MR) is 108 cm³/mol. The molecule has 8 heteroatoms. The number of carbonyl (C=O) groups is 1. The molecule has 0 amide bonds. The Labute approximate surface area is 170 Å². The summed E-state index contributed by atoms with van der Waals surface area (Å²) in [6, 6.07) is 12.7. The van der Waals surface area contributed by atoms with Gasteiger partial charge in [-0.25, -0.2) is 4.98 Å². The van der Waals surface area contributed by atoms with E-state index in [2.05, 4.69) is 15.8 Å². The minimum Gasteiger partial charge on any atom is -0.508 e. The maximum atomic E-state index is 12.1. The minimum atomic E-state index is -0.854. The van der Waals surface area contributed by atoms with E-state index < -0.39 is 5.66 Å². The van der Waals surface area contributed by atoms with Crippen LogP contribution in [-0.2, 0) is 20.1 Å². The van der Waals surface area contributed by atoms with Crippen LogP contribution in [0.15, 0.2) is 48.7 Å². The molecule has 29 heavy (non-hydrogen) atoms. The largest absolute Gasteiger partial charge is 0.508 e. The van der Waals surface area contributed by atoms with Gasteiger partial charge in [0.15, 0.2) is 12.4 Å². The van der Waals surface area contributed by atoms with Crippen LogP contribution in [0.5, 0.6) is 5.75 Å². The van der Waals surface area contributed by atoms with Crippen molar-refractivity contribution in [1.29, 1.82) is 0 Å². The maximum absolute atomic E-state index is 12.1. The van der Waals surface area contributed by atoms with Gasteiger partial charge in [0.2, 0.25) is 0 Å². The molecule has 3 rings (SSSR count). The normalized spacial score (nSPS) is 19.2. The summed E-state index contributed by atoms with van der Waals surface area (Å²) in [4.78, 5) is 27.4. The third-order valence-electron chi connectivity index (χ3n) is 4.77. The number of anilines is 1. The molecular weight excluding hydrogens is 372 g/mol. The Kier molecular flexibility index (Phi) is 7.40. The van der Waals surface area contributed by atoms with Crippen LogP contribution in [0, 0.1) is 0 Å². The second kappa shape index (κ2) is 10.2. The lowest BCUT2D eigenvalue weighted by Crippen LogP contribution is -2.49. The molecule has 1 aromatic heterocycles. The fourth-order valence-corrected chi connectivity index (χ4v) is 3.32. The van der Waals surface area contributed by atoms with Gasteiger partial charge in [-0.1, -0.05) is 30.2 Å². The summed E-state index contributed by atoms with van der Waals surface area (Å²) in [5, 5.41) is 14.8. The first-order chi connectivity index (χ1) is 14.1. The number of aromatic hydroxyl groups is 1. The van der Waals surface area contributed by atoms with Crippen LogP contribution in [0.3, 0.4) is 0 Å². The summed E-state index contributed by atoms with van der Waals surface area (Å²) in [6.45, 7) is 2.80. The molecule has 2 aromatic rings. The second-order valence-corrected chi connectivity index (χ2v) is 6.98. The quantitative estimate of drug-likeness (QED) is 0.523. The Bertz CT molecular complexity index is 789. The third-order valence-corrected chi connectivity index (χ3v) is 4.77. The number of hydrogen-bond acceptors (Lipinski definition) is 8. The van der Waals surface area contributed by atoms with Crippen LogP contribution in [-0.4, -0.2) is 34.4 Å². The number of unbranched alkanes of at least 4 members (excludes halogenated alkanes) is 1. The highest BCUT2D eigenvalue weighted by Crippen LogP contribution is 2.36. The van der Waals surface area contributed by atoms with Crippen molar-refractivity contribution in [2.45, 2.75) is 44.7 Å². The summed E-state index contributed by atoms with van der Waals surface area (Å²) in [7, 11) is 0. The Morgan fingerprint density at radius 1 is 1.34 bits per heavy atom. The van der Waals surface area contributed by atoms with Crippen molar-refractivity contribution in [2.75, 3.05) is 18.6 Å². The van der Waals surface area contributed by atoms with E-state index in [-0.39, 0.29) is 18.4 Å². The summed E-state index contributed by atoms with van der Waals surface area (Å²) < 4.78 is 0. The van der Waals surface area contributed by atoms with Crippen molar-refractivity contribution < 1.29 is 19.6 Å². The Morgan fingerprint density at radius 3 is 3.00 bits per heavy atom. The van der Waals surface area contributed by atoms with Crippen LogP contribution in [0.1, 0.15) is 44.6 Å². The highest BCUT2D eigenvalue weighted by Gasteiger charge is 2.46. The zero-order chi connectivity index (χ0) is 20.5. The molecule has 1 atom stereocenters. The van der Waals surface area contributed by atoms with Gasteiger partial charge in [-0.15, -0.1) is 0 Å². The highest BCUT2D eigenvalue weighted by atomic mass is 16.8. The number of pyridine rings is 1. The van der Waals surface area contributed by atoms with Gasteiger partial charge in [0.25, 0.3) is 0 Å². The topological polar surface area (TPSA) is 96.0 Å². The van der Waals surface area contributed by atoms with Crippen molar-refractivity contribution in [2.24, 2.45) is 0 Å². The van der Waals surface area contributed by atoms with E-state index in [0.29, 0.717) is 19.3 Å². The molecule has 0 aliphatic carbocycles. The van der Waals surface area contributed by atoms with Gasteiger partial charge in [-0.05, 0) is 55.5 Å². The molecule has 1 unspecified atom stereocenters. The van der Waals surface area contributed by atoms with Gasteiger partial charge < -0.3 is 15.3 Å². The number of aromatic nitrogens is 1. The van der Waals surface area contributed by atoms with Crippen molar-refractivity contribution >= 4 is 11.8 Å². The number of phenols is 1. The molecule has 3 N–H and O–H groups in total. The molecule has 1 aromatic carbocycles. The van der Waals surface area contributed by atoms with E-state index in [1.807, 2.05) is 31.2 Å². The number of nitrogens with one attached hydrogen (secondary N) is 2.